The van der Waals surface area contributed by atoms with Gasteiger partial charge in [-0.2, -0.15) is 4.31 Å². The molecule has 0 aliphatic carbocycles. The van der Waals surface area contributed by atoms with Gasteiger partial charge in [0.1, 0.15) is 6.33 Å². The number of rotatable bonds is 5. The van der Waals surface area contributed by atoms with Crippen molar-refractivity contribution in [3.63, 3.8) is 0 Å². The molecule has 1 atom stereocenters. The standard InChI is InChI=1S/C21H23N5O4S/c1-14-10-20(30-25-14)19-11-22-13-23-21(19)16-4-3-9-26(12-16)31(28,29)18-7-5-17(6-8-18)24-15(2)27/h5-8,10-11,13,16H,3-4,9,12H2,1-2H3,(H,24,27). The van der Waals surface area contributed by atoms with Gasteiger partial charge >= 0.3 is 0 Å². The van der Waals surface area contributed by atoms with Gasteiger partial charge < -0.3 is 9.84 Å². The van der Waals surface area contributed by atoms with E-state index in [0.717, 1.165) is 23.4 Å². The number of hydrogen-bond acceptors (Lipinski definition) is 7. The van der Waals surface area contributed by atoms with E-state index in [-0.39, 0.29) is 16.7 Å². The number of anilines is 1. The van der Waals surface area contributed by atoms with Crippen molar-refractivity contribution >= 4 is 21.6 Å². The predicted octanol–water partition coefficient (Wildman–Crippen LogP) is 2.97. The van der Waals surface area contributed by atoms with Crippen LogP contribution in [0.4, 0.5) is 5.69 Å². The molecule has 3 aromatic rings. The molecule has 0 radical (unpaired) electrons. The number of nitrogens with zero attached hydrogens (tertiary/aromatic N) is 4. The molecule has 1 aliphatic rings. The summed E-state index contributed by atoms with van der Waals surface area (Å²) in [5.41, 5.74) is 2.79. The van der Waals surface area contributed by atoms with Crippen molar-refractivity contribution in [1.82, 2.24) is 19.4 Å². The van der Waals surface area contributed by atoms with Gasteiger partial charge in [-0.15, -0.1) is 0 Å². The van der Waals surface area contributed by atoms with Gasteiger partial charge in [0, 0.05) is 43.9 Å². The lowest BCUT2D eigenvalue weighted by Crippen LogP contribution is -2.39. The molecular formula is C21H23N5O4S. The molecule has 9 nitrogen and oxygen atoms in total. The summed E-state index contributed by atoms with van der Waals surface area (Å²) in [6.45, 7) is 3.99. The van der Waals surface area contributed by atoms with Crippen LogP contribution in [0.1, 0.15) is 37.1 Å². The molecule has 1 N–H and O–H groups in total. The lowest BCUT2D eigenvalue weighted by Gasteiger charge is -2.32. The Morgan fingerprint density at radius 1 is 1.26 bits per heavy atom. The fraction of sp³-hybridized carbons (Fsp3) is 0.333. The van der Waals surface area contributed by atoms with Gasteiger partial charge in [0.25, 0.3) is 0 Å². The van der Waals surface area contributed by atoms with E-state index in [9.17, 15) is 13.2 Å². The number of carbonyl (C=O) groups is 1. The summed E-state index contributed by atoms with van der Waals surface area (Å²) in [6.07, 6.45) is 4.67. The zero-order chi connectivity index (χ0) is 22.0. The molecule has 1 saturated heterocycles. The van der Waals surface area contributed by atoms with Gasteiger partial charge in [0.05, 0.1) is 21.8 Å². The van der Waals surface area contributed by atoms with E-state index in [4.69, 9.17) is 4.52 Å². The fourth-order valence-electron chi connectivity index (χ4n) is 3.79. The monoisotopic (exact) mass is 441 g/mol. The van der Waals surface area contributed by atoms with Crippen LogP contribution in [0.3, 0.4) is 0 Å². The Bertz CT molecular complexity index is 1190. The van der Waals surface area contributed by atoms with Gasteiger partial charge in [0.2, 0.25) is 15.9 Å². The summed E-state index contributed by atoms with van der Waals surface area (Å²) in [6, 6.07) is 8.01. The fourth-order valence-corrected chi connectivity index (χ4v) is 5.32. The van der Waals surface area contributed by atoms with Crippen molar-refractivity contribution in [3.05, 3.63) is 54.2 Å². The Morgan fingerprint density at radius 3 is 2.71 bits per heavy atom. The second-order valence-corrected chi connectivity index (χ2v) is 9.50. The summed E-state index contributed by atoms with van der Waals surface area (Å²) >= 11 is 0. The van der Waals surface area contributed by atoms with E-state index in [1.807, 2.05) is 13.0 Å². The first-order valence-corrected chi connectivity index (χ1v) is 11.4. The number of aryl methyl sites for hydroxylation is 1. The minimum Gasteiger partial charge on any atom is -0.356 e. The van der Waals surface area contributed by atoms with Crippen LogP contribution in [-0.2, 0) is 14.8 Å². The number of hydrogen-bond donors (Lipinski definition) is 1. The van der Waals surface area contributed by atoms with Crippen LogP contribution in [0, 0.1) is 6.92 Å². The molecule has 10 heteroatoms. The summed E-state index contributed by atoms with van der Waals surface area (Å²) in [5, 5.41) is 6.57. The Morgan fingerprint density at radius 2 is 2.03 bits per heavy atom. The molecule has 0 spiro atoms. The van der Waals surface area contributed by atoms with Gasteiger partial charge in [-0.1, -0.05) is 5.16 Å². The molecule has 2 aromatic heterocycles. The van der Waals surface area contributed by atoms with E-state index < -0.39 is 10.0 Å². The third kappa shape index (κ3) is 4.49. The molecule has 31 heavy (non-hydrogen) atoms. The third-order valence-electron chi connectivity index (χ3n) is 5.22. The number of nitrogens with one attached hydrogen (secondary N) is 1. The normalized spacial score (nSPS) is 17.4. The Labute approximate surface area is 180 Å². The lowest BCUT2D eigenvalue weighted by molar-refractivity contribution is -0.114. The van der Waals surface area contributed by atoms with E-state index in [2.05, 4.69) is 20.4 Å². The quantitative estimate of drug-likeness (QED) is 0.646. The lowest BCUT2D eigenvalue weighted by atomic mass is 9.92. The van der Waals surface area contributed by atoms with Gasteiger partial charge in [-0.3, -0.25) is 4.79 Å². The molecule has 162 valence electrons. The van der Waals surface area contributed by atoms with Crippen LogP contribution in [0.15, 0.2) is 52.3 Å². The van der Waals surface area contributed by atoms with Crippen molar-refractivity contribution in [2.75, 3.05) is 18.4 Å². The van der Waals surface area contributed by atoms with E-state index in [1.54, 1.807) is 18.3 Å². The predicted molar refractivity (Wildman–Crippen MR) is 114 cm³/mol. The van der Waals surface area contributed by atoms with Crippen molar-refractivity contribution < 1.29 is 17.7 Å². The van der Waals surface area contributed by atoms with Crippen LogP contribution in [0.25, 0.3) is 11.3 Å². The first-order valence-electron chi connectivity index (χ1n) is 9.96. The molecule has 1 aromatic carbocycles. The average molecular weight is 442 g/mol. The number of piperidine rings is 1. The van der Waals surface area contributed by atoms with Crippen molar-refractivity contribution in [2.45, 2.75) is 37.5 Å². The van der Waals surface area contributed by atoms with Crippen LogP contribution >= 0.6 is 0 Å². The van der Waals surface area contributed by atoms with Gasteiger partial charge in [0.15, 0.2) is 5.76 Å². The maximum atomic E-state index is 13.2. The molecule has 4 rings (SSSR count). The largest absolute Gasteiger partial charge is 0.356 e. The van der Waals surface area contributed by atoms with Gasteiger partial charge in [-0.05, 0) is 44.0 Å². The Hall–Kier alpha value is -3.11. The first kappa shape index (κ1) is 21.1. The highest BCUT2D eigenvalue weighted by atomic mass is 32.2. The van der Waals surface area contributed by atoms with Crippen molar-refractivity contribution in [3.8, 4) is 11.3 Å². The molecule has 1 amide bonds. The minimum atomic E-state index is -3.68. The second kappa shape index (κ2) is 8.56. The summed E-state index contributed by atoms with van der Waals surface area (Å²) in [4.78, 5) is 19.9. The number of sulfonamides is 1. The maximum Gasteiger partial charge on any atom is 0.243 e. The highest BCUT2D eigenvalue weighted by Gasteiger charge is 2.33. The van der Waals surface area contributed by atoms with Crippen LogP contribution in [-0.4, -0.2) is 46.8 Å². The summed E-state index contributed by atoms with van der Waals surface area (Å²) in [5.74, 6) is 0.268. The minimum absolute atomic E-state index is 0.0921. The average Bonchev–Trinajstić information content (AvgIpc) is 3.20. The number of benzene rings is 1. The molecule has 0 saturated carbocycles. The molecule has 0 bridgehead atoms. The zero-order valence-corrected chi connectivity index (χ0v) is 18.1. The first-order chi connectivity index (χ1) is 14.8. The molecule has 1 aliphatic heterocycles. The van der Waals surface area contributed by atoms with Crippen LogP contribution < -0.4 is 5.32 Å². The van der Waals surface area contributed by atoms with Crippen LogP contribution in [0.2, 0.25) is 0 Å². The Kier molecular flexibility index (Phi) is 5.84. The number of carbonyl (C=O) groups excluding carboxylic acids is 1. The smallest absolute Gasteiger partial charge is 0.243 e. The van der Waals surface area contributed by atoms with E-state index in [0.29, 0.717) is 31.0 Å². The van der Waals surface area contributed by atoms with Crippen molar-refractivity contribution in [2.24, 2.45) is 0 Å². The molecule has 3 heterocycles. The van der Waals surface area contributed by atoms with E-state index in [1.165, 1.54) is 29.7 Å². The summed E-state index contributed by atoms with van der Waals surface area (Å²) in [7, 11) is -3.68. The third-order valence-corrected chi connectivity index (χ3v) is 7.10. The molecule has 1 unspecified atom stereocenters. The second-order valence-electron chi connectivity index (χ2n) is 7.56. The Balaban J connectivity index is 1.58. The number of amides is 1. The molecule has 1 fully saturated rings. The number of aromatic nitrogens is 3. The zero-order valence-electron chi connectivity index (χ0n) is 17.3. The molecular weight excluding hydrogens is 418 g/mol. The SMILES string of the molecule is CC(=O)Nc1ccc(S(=O)(=O)N2CCCC(c3ncncc3-c3cc(C)no3)C2)cc1. The van der Waals surface area contributed by atoms with E-state index >= 15 is 0 Å². The van der Waals surface area contributed by atoms with Gasteiger partial charge in [-0.25, -0.2) is 18.4 Å². The van der Waals surface area contributed by atoms with Crippen molar-refractivity contribution in [1.29, 1.82) is 0 Å². The topological polar surface area (TPSA) is 118 Å². The highest BCUT2D eigenvalue weighted by Crippen LogP contribution is 2.34. The highest BCUT2D eigenvalue weighted by molar-refractivity contribution is 7.89. The van der Waals surface area contributed by atoms with Crippen LogP contribution in [0.5, 0.6) is 0 Å². The summed E-state index contributed by atoms with van der Waals surface area (Å²) < 4.78 is 33.4. The maximum absolute atomic E-state index is 13.2.